The summed E-state index contributed by atoms with van der Waals surface area (Å²) in [6, 6.07) is 4.58. The molecule has 2 atom stereocenters. The van der Waals surface area contributed by atoms with Crippen LogP contribution in [0.15, 0.2) is 18.2 Å². The van der Waals surface area contributed by atoms with Crippen LogP contribution in [-0.4, -0.2) is 16.6 Å². The highest BCUT2D eigenvalue weighted by atomic mass is 19.1. The molecule has 1 aromatic carbocycles. The fourth-order valence-electron chi connectivity index (χ4n) is 3.00. The van der Waals surface area contributed by atoms with E-state index >= 15 is 0 Å². The Morgan fingerprint density at radius 1 is 1.47 bits per heavy atom. The Balaban J connectivity index is 2.28. The summed E-state index contributed by atoms with van der Waals surface area (Å²) < 4.78 is 13.4. The molecule has 0 aromatic heterocycles. The number of aryl methyl sites for hydroxylation is 1. The van der Waals surface area contributed by atoms with Crippen LogP contribution in [0.2, 0.25) is 0 Å². The van der Waals surface area contributed by atoms with E-state index in [0.29, 0.717) is 24.4 Å². The minimum atomic E-state index is -0.960. The number of carbonyl (C=O) groups is 1. The van der Waals surface area contributed by atoms with Gasteiger partial charge >= 0.3 is 5.97 Å². The van der Waals surface area contributed by atoms with Crippen LogP contribution in [0.25, 0.3) is 0 Å². The predicted molar refractivity (Wildman–Crippen MR) is 72.8 cm³/mol. The first-order valence-corrected chi connectivity index (χ1v) is 6.70. The first-order chi connectivity index (χ1) is 8.91. The molecule has 0 radical (unpaired) electrons. The lowest BCUT2D eigenvalue weighted by atomic mass is 9.76. The van der Waals surface area contributed by atoms with E-state index < -0.39 is 11.5 Å². The Kier molecular flexibility index (Phi) is 3.78. The average molecular weight is 265 g/mol. The smallest absolute Gasteiger partial charge is 0.329 e. The fraction of sp³-hybridized carbons (Fsp3) is 0.533. The van der Waals surface area contributed by atoms with Gasteiger partial charge in [-0.25, -0.2) is 9.18 Å². The molecular formula is C15H20FNO2. The van der Waals surface area contributed by atoms with E-state index in [2.05, 4.69) is 12.2 Å². The van der Waals surface area contributed by atoms with Crippen LogP contribution < -0.4 is 5.32 Å². The molecule has 104 valence electrons. The summed E-state index contributed by atoms with van der Waals surface area (Å²) in [5, 5.41) is 12.6. The van der Waals surface area contributed by atoms with Crippen LogP contribution in [0.5, 0.6) is 0 Å². The third-order valence-corrected chi connectivity index (χ3v) is 3.83. The van der Waals surface area contributed by atoms with E-state index in [0.717, 1.165) is 18.4 Å². The van der Waals surface area contributed by atoms with E-state index in [4.69, 9.17) is 0 Å². The normalized spacial score (nSPS) is 27.0. The van der Waals surface area contributed by atoms with Crippen molar-refractivity contribution in [1.82, 2.24) is 0 Å². The Morgan fingerprint density at radius 3 is 2.79 bits per heavy atom. The molecule has 2 unspecified atom stereocenters. The predicted octanol–water partition coefficient (Wildman–Crippen LogP) is 3.58. The van der Waals surface area contributed by atoms with E-state index in [-0.39, 0.29) is 5.82 Å². The quantitative estimate of drug-likeness (QED) is 0.878. The number of hydrogen-bond donors (Lipinski definition) is 2. The lowest BCUT2D eigenvalue weighted by Crippen LogP contribution is -2.49. The largest absolute Gasteiger partial charge is 0.480 e. The average Bonchev–Trinajstić information content (AvgIpc) is 2.26. The van der Waals surface area contributed by atoms with Gasteiger partial charge in [0, 0.05) is 5.69 Å². The van der Waals surface area contributed by atoms with Crippen LogP contribution in [-0.2, 0) is 4.79 Å². The summed E-state index contributed by atoms with van der Waals surface area (Å²) in [7, 11) is 0. The van der Waals surface area contributed by atoms with E-state index in [1.807, 2.05) is 0 Å². The van der Waals surface area contributed by atoms with E-state index in [9.17, 15) is 14.3 Å². The SMILES string of the molecule is Cc1cc(F)cc(NC2(C(=O)O)CCCC(C)C2)c1. The number of rotatable bonds is 3. The number of benzene rings is 1. The zero-order valence-electron chi connectivity index (χ0n) is 11.4. The Labute approximate surface area is 112 Å². The molecule has 0 spiro atoms. The van der Waals surface area contributed by atoms with Crippen molar-refractivity contribution in [1.29, 1.82) is 0 Å². The zero-order valence-corrected chi connectivity index (χ0v) is 11.4. The molecule has 0 aliphatic heterocycles. The summed E-state index contributed by atoms with van der Waals surface area (Å²) in [5.41, 5.74) is 0.374. The maximum absolute atomic E-state index is 13.4. The summed E-state index contributed by atoms with van der Waals surface area (Å²) in [4.78, 5) is 11.6. The minimum absolute atomic E-state index is 0.341. The van der Waals surface area contributed by atoms with Gasteiger partial charge in [-0.2, -0.15) is 0 Å². The van der Waals surface area contributed by atoms with Crippen molar-refractivity contribution in [3.8, 4) is 0 Å². The summed E-state index contributed by atoms with van der Waals surface area (Å²) in [5.74, 6) is -0.820. The first-order valence-electron chi connectivity index (χ1n) is 6.70. The van der Waals surface area contributed by atoms with Gasteiger partial charge in [0.05, 0.1) is 0 Å². The van der Waals surface area contributed by atoms with Crippen molar-refractivity contribution in [2.75, 3.05) is 5.32 Å². The van der Waals surface area contributed by atoms with Gasteiger partial charge in [-0.3, -0.25) is 0 Å². The molecule has 0 saturated heterocycles. The summed E-state index contributed by atoms with van der Waals surface area (Å²) in [6.45, 7) is 3.86. The third-order valence-electron chi connectivity index (χ3n) is 3.83. The minimum Gasteiger partial charge on any atom is -0.480 e. The van der Waals surface area contributed by atoms with Crippen molar-refractivity contribution in [3.05, 3.63) is 29.6 Å². The molecule has 0 amide bonds. The second-order valence-corrected chi connectivity index (χ2v) is 5.73. The van der Waals surface area contributed by atoms with Gasteiger partial charge in [0.15, 0.2) is 0 Å². The summed E-state index contributed by atoms with van der Waals surface area (Å²) >= 11 is 0. The molecule has 1 aliphatic rings. The maximum atomic E-state index is 13.4. The van der Waals surface area contributed by atoms with Crippen LogP contribution in [0.3, 0.4) is 0 Å². The van der Waals surface area contributed by atoms with Gasteiger partial charge in [0.2, 0.25) is 0 Å². The monoisotopic (exact) mass is 265 g/mol. The molecule has 1 fully saturated rings. The number of carboxylic acids is 1. The lowest BCUT2D eigenvalue weighted by Gasteiger charge is -2.38. The molecule has 4 heteroatoms. The highest BCUT2D eigenvalue weighted by Crippen LogP contribution is 2.35. The fourth-order valence-corrected chi connectivity index (χ4v) is 3.00. The van der Waals surface area contributed by atoms with Crippen molar-refractivity contribution in [2.45, 2.75) is 45.1 Å². The second-order valence-electron chi connectivity index (χ2n) is 5.73. The summed E-state index contributed by atoms with van der Waals surface area (Å²) in [6.07, 6.45) is 3.10. The molecule has 19 heavy (non-hydrogen) atoms. The van der Waals surface area contributed by atoms with Crippen LogP contribution in [0.4, 0.5) is 10.1 Å². The number of carboxylic acid groups (broad SMARTS) is 1. The molecule has 2 N–H and O–H groups in total. The van der Waals surface area contributed by atoms with Gasteiger partial charge in [0.1, 0.15) is 11.4 Å². The Morgan fingerprint density at radius 2 is 2.21 bits per heavy atom. The van der Waals surface area contributed by atoms with Crippen LogP contribution >= 0.6 is 0 Å². The van der Waals surface area contributed by atoms with Crippen molar-refractivity contribution in [3.63, 3.8) is 0 Å². The third kappa shape index (κ3) is 3.06. The van der Waals surface area contributed by atoms with Gasteiger partial charge in [0.25, 0.3) is 0 Å². The van der Waals surface area contributed by atoms with Crippen molar-refractivity contribution < 1.29 is 14.3 Å². The van der Waals surface area contributed by atoms with E-state index in [1.54, 1.807) is 13.0 Å². The van der Waals surface area contributed by atoms with Crippen molar-refractivity contribution in [2.24, 2.45) is 5.92 Å². The first kappa shape index (κ1) is 13.8. The molecule has 1 aromatic rings. The standard InChI is InChI=1S/C15H20FNO2/c1-10-4-3-5-15(9-10,14(18)19)17-13-7-11(2)6-12(16)8-13/h6-8,10,17H,3-5,9H2,1-2H3,(H,18,19). The van der Waals surface area contributed by atoms with Gasteiger partial charge in [-0.05, 0) is 49.4 Å². The molecule has 1 saturated carbocycles. The molecule has 3 nitrogen and oxygen atoms in total. The molecule has 0 bridgehead atoms. The zero-order chi connectivity index (χ0) is 14.0. The maximum Gasteiger partial charge on any atom is 0.329 e. The second kappa shape index (κ2) is 5.19. The van der Waals surface area contributed by atoms with Gasteiger partial charge < -0.3 is 10.4 Å². The lowest BCUT2D eigenvalue weighted by molar-refractivity contribution is -0.144. The number of halogens is 1. The molecular weight excluding hydrogens is 245 g/mol. The highest BCUT2D eigenvalue weighted by molar-refractivity contribution is 5.83. The number of nitrogens with one attached hydrogen (secondary N) is 1. The van der Waals surface area contributed by atoms with Crippen LogP contribution in [0.1, 0.15) is 38.2 Å². The topological polar surface area (TPSA) is 49.3 Å². The number of aliphatic carboxylic acids is 1. The van der Waals surface area contributed by atoms with Crippen LogP contribution in [0, 0.1) is 18.7 Å². The number of hydrogen-bond acceptors (Lipinski definition) is 2. The Hall–Kier alpha value is -1.58. The molecule has 1 aliphatic carbocycles. The number of anilines is 1. The molecule has 2 rings (SSSR count). The van der Waals surface area contributed by atoms with Gasteiger partial charge in [-0.1, -0.05) is 19.8 Å². The van der Waals surface area contributed by atoms with E-state index in [1.165, 1.54) is 12.1 Å². The highest BCUT2D eigenvalue weighted by Gasteiger charge is 2.41. The molecule has 0 heterocycles. The Bertz CT molecular complexity index is 469. The van der Waals surface area contributed by atoms with Gasteiger partial charge in [-0.15, -0.1) is 0 Å². The van der Waals surface area contributed by atoms with Crippen molar-refractivity contribution >= 4 is 11.7 Å².